The van der Waals surface area contributed by atoms with Gasteiger partial charge in [0.05, 0.1) is 18.9 Å². The van der Waals surface area contributed by atoms with E-state index < -0.39 is 0 Å². The highest BCUT2D eigenvalue weighted by Crippen LogP contribution is 2.24. The first kappa shape index (κ1) is 12.5. The summed E-state index contributed by atoms with van der Waals surface area (Å²) in [5.74, 6) is 0. The molecule has 0 N–H and O–H groups in total. The van der Waals surface area contributed by atoms with Gasteiger partial charge in [-0.05, 0) is 18.4 Å². The zero-order chi connectivity index (χ0) is 11.1. The van der Waals surface area contributed by atoms with Crippen LogP contribution in [-0.4, -0.2) is 40.5 Å². The van der Waals surface area contributed by atoms with Crippen LogP contribution in [-0.2, 0) is 9.47 Å². The number of nitrogens with zero attached hydrogens (tertiary/aromatic N) is 1. The molecule has 1 rings (SSSR count). The third-order valence-corrected chi connectivity index (χ3v) is 3.14. The third kappa shape index (κ3) is 3.81. The molecule has 4 heteroatoms. The predicted molar refractivity (Wildman–Crippen MR) is 65.0 cm³/mol. The summed E-state index contributed by atoms with van der Waals surface area (Å²) in [6, 6.07) is 2.16. The van der Waals surface area contributed by atoms with E-state index in [0.717, 1.165) is 26.3 Å². The second kappa shape index (κ2) is 6.82. The van der Waals surface area contributed by atoms with Gasteiger partial charge in [0.1, 0.15) is 0 Å². The monoisotopic (exact) mass is 229 g/mol. The second-order valence-corrected chi connectivity index (χ2v) is 4.45. The van der Waals surface area contributed by atoms with E-state index in [1.54, 1.807) is 25.6 Å². The molecular formula is C11H19NO2S. The highest BCUT2D eigenvalue weighted by Gasteiger charge is 2.09. The largest absolute Gasteiger partial charge is 0.383 e. The van der Waals surface area contributed by atoms with Crippen LogP contribution in [0.3, 0.4) is 0 Å². The van der Waals surface area contributed by atoms with Gasteiger partial charge in [0.15, 0.2) is 0 Å². The average molecular weight is 229 g/mol. The van der Waals surface area contributed by atoms with E-state index >= 15 is 0 Å². The van der Waals surface area contributed by atoms with Crippen LogP contribution in [0.1, 0.15) is 4.88 Å². The van der Waals surface area contributed by atoms with Gasteiger partial charge < -0.3 is 14.4 Å². The molecule has 0 atom stereocenters. The van der Waals surface area contributed by atoms with Crippen LogP contribution in [0.2, 0.25) is 0 Å². The maximum atomic E-state index is 5.11. The maximum Gasteiger partial charge on any atom is 0.0637 e. The van der Waals surface area contributed by atoms with Gasteiger partial charge in [0.25, 0.3) is 0 Å². The van der Waals surface area contributed by atoms with Crippen LogP contribution < -0.4 is 4.90 Å². The number of anilines is 1. The molecule has 1 heterocycles. The molecule has 0 aliphatic carbocycles. The maximum absolute atomic E-state index is 5.11. The van der Waals surface area contributed by atoms with Gasteiger partial charge in [0.2, 0.25) is 0 Å². The minimum atomic E-state index is 0.749. The number of thiophene rings is 1. The van der Waals surface area contributed by atoms with Crippen molar-refractivity contribution in [2.75, 3.05) is 45.4 Å². The lowest BCUT2D eigenvalue weighted by atomic mass is 10.3. The number of methoxy groups -OCH3 is 2. The molecule has 0 spiro atoms. The fourth-order valence-corrected chi connectivity index (χ4v) is 2.18. The summed E-state index contributed by atoms with van der Waals surface area (Å²) in [5, 5.41) is 2.12. The van der Waals surface area contributed by atoms with Crippen molar-refractivity contribution in [3.8, 4) is 0 Å². The third-order valence-electron chi connectivity index (χ3n) is 2.30. The molecule has 0 radical (unpaired) electrons. The molecule has 1 aromatic rings. The van der Waals surface area contributed by atoms with Crippen molar-refractivity contribution in [2.45, 2.75) is 6.92 Å². The van der Waals surface area contributed by atoms with Crippen molar-refractivity contribution < 1.29 is 9.47 Å². The number of hydrogen-bond donors (Lipinski definition) is 0. The Balaban J connectivity index is 2.58. The first-order valence-corrected chi connectivity index (χ1v) is 5.94. The van der Waals surface area contributed by atoms with Gasteiger partial charge in [-0.15, -0.1) is 11.3 Å². The lowest BCUT2D eigenvalue weighted by Gasteiger charge is -2.23. The lowest BCUT2D eigenvalue weighted by molar-refractivity contribution is 0.190. The van der Waals surface area contributed by atoms with Crippen molar-refractivity contribution in [2.24, 2.45) is 0 Å². The molecule has 0 amide bonds. The first-order valence-electron chi connectivity index (χ1n) is 5.06. The van der Waals surface area contributed by atoms with Gasteiger partial charge in [-0.3, -0.25) is 0 Å². The topological polar surface area (TPSA) is 21.7 Å². The van der Waals surface area contributed by atoms with Crippen molar-refractivity contribution in [3.05, 3.63) is 16.3 Å². The molecule has 0 aliphatic heterocycles. The van der Waals surface area contributed by atoms with Crippen molar-refractivity contribution in [1.82, 2.24) is 0 Å². The Hall–Kier alpha value is -0.580. The smallest absolute Gasteiger partial charge is 0.0637 e. The van der Waals surface area contributed by atoms with Gasteiger partial charge >= 0.3 is 0 Å². The van der Waals surface area contributed by atoms with Crippen LogP contribution in [0.25, 0.3) is 0 Å². The molecule has 0 unspecified atom stereocenters. The molecule has 0 bridgehead atoms. The molecule has 0 saturated heterocycles. The quantitative estimate of drug-likeness (QED) is 0.715. The summed E-state index contributed by atoms with van der Waals surface area (Å²) in [7, 11) is 3.46. The highest BCUT2D eigenvalue weighted by molar-refractivity contribution is 7.10. The molecular weight excluding hydrogens is 210 g/mol. The summed E-state index contributed by atoms with van der Waals surface area (Å²) in [6.45, 7) is 5.47. The van der Waals surface area contributed by atoms with Crippen molar-refractivity contribution in [1.29, 1.82) is 0 Å². The zero-order valence-electron chi connectivity index (χ0n) is 9.66. The Morgan fingerprint density at radius 2 is 1.80 bits per heavy atom. The fourth-order valence-electron chi connectivity index (χ4n) is 1.46. The van der Waals surface area contributed by atoms with Crippen LogP contribution >= 0.6 is 11.3 Å². The molecule has 1 aromatic heterocycles. The number of hydrogen-bond acceptors (Lipinski definition) is 4. The van der Waals surface area contributed by atoms with E-state index in [1.807, 2.05) is 0 Å². The summed E-state index contributed by atoms with van der Waals surface area (Å²) in [4.78, 5) is 3.65. The van der Waals surface area contributed by atoms with Gasteiger partial charge in [0, 0.05) is 32.2 Å². The lowest BCUT2D eigenvalue weighted by Crippen LogP contribution is -2.30. The molecule has 0 aromatic carbocycles. The van der Waals surface area contributed by atoms with E-state index in [-0.39, 0.29) is 0 Å². The SMILES string of the molecule is COCCN(CCOC)c1ccsc1C. The fraction of sp³-hybridized carbons (Fsp3) is 0.636. The minimum absolute atomic E-state index is 0.749. The van der Waals surface area contributed by atoms with E-state index in [0.29, 0.717) is 0 Å². The summed E-state index contributed by atoms with van der Waals surface area (Å²) in [5.41, 5.74) is 1.30. The summed E-state index contributed by atoms with van der Waals surface area (Å²) < 4.78 is 10.2. The number of aryl methyl sites for hydroxylation is 1. The molecule has 3 nitrogen and oxygen atoms in total. The van der Waals surface area contributed by atoms with E-state index in [9.17, 15) is 0 Å². The molecule has 86 valence electrons. The van der Waals surface area contributed by atoms with E-state index in [2.05, 4.69) is 23.3 Å². The highest BCUT2D eigenvalue weighted by atomic mass is 32.1. The van der Waals surface area contributed by atoms with Crippen molar-refractivity contribution >= 4 is 17.0 Å². The number of rotatable bonds is 7. The van der Waals surface area contributed by atoms with Gasteiger partial charge in [-0.25, -0.2) is 0 Å². The second-order valence-electron chi connectivity index (χ2n) is 3.33. The van der Waals surface area contributed by atoms with Gasteiger partial charge in [-0.2, -0.15) is 0 Å². The van der Waals surface area contributed by atoms with E-state index in [4.69, 9.17) is 9.47 Å². The Morgan fingerprint density at radius 1 is 1.20 bits per heavy atom. The van der Waals surface area contributed by atoms with Crippen LogP contribution in [0.4, 0.5) is 5.69 Å². The molecule has 0 saturated carbocycles. The Morgan fingerprint density at radius 3 is 2.20 bits per heavy atom. The molecule has 0 fully saturated rings. The predicted octanol–water partition coefficient (Wildman–Crippen LogP) is 2.16. The Labute approximate surface area is 95.6 Å². The Kier molecular flexibility index (Phi) is 5.68. The van der Waals surface area contributed by atoms with Crippen LogP contribution in [0.15, 0.2) is 11.4 Å². The standard InChI is InChI=1S/C11H19NO2S/c1-10-11(4-9-15-10)12(5-7-13-2)6-8-14-3/h4,9H,5-8H2,1-3H3. The first-order chi connectivity index (χ1) is 7.29. The van der Waals surface area contributed by atoms with Crippen LogP contribution in [0.5, 0.6) is 0 Å². The summed E-state index contributed by atoms with van der Waals surface area (Å²) in [6.07, 6.45) is 0. The van der Waals surface area contributed by atoms with Crippen LogP contribution in [0, 0.1) is 6.92 Å². The Bertz CT molecular complexity index is 267. The average Bonchev–Trinajstić information content (AvgIpc) is 2.65. The molecule has 15 heavy (non-hydrogen) atoms. The minimum Gasteiger partial charge on any atom is -0.383 e. The zero-order valence-corrected chi connectivity index (χ0v) is 10.5. The van der Waals surface area contributed by atoms with Crippen molar-refractivity contribution in [3.63, 3.8) is 0 Å². The van der Waals surface area contributed by atoms with E-state index in [1.165, 1.54) is 10.6 Å². The molecule has 0 aliphatic rings. The summed E-state index contributed by atoms with van der Waals surface area (Å²) >= 11 is 1.78. The van der Waals surface area contributed by atoms with Gasteiger partial charge in [-0.1, -0.05) is 0 Å². The normalized spacial score (nSPS) is 10.6. The number of ether oxygens (including phenoxy) is 2.